The number of aryl methyl sites for hydroxylation is 1. The van der Waals surface area contributed by atoms with Crippen molar-refractivity contribution in [1.29, 1.82) is 0 Å². The molecule has 1 aliphatic carbocycles. The Kier molecular flexibility index (Phi) is 4.53. The van der Waals surface area contributed by atoms with Gasteiger partial charge in [-0.05, 0) is 31.9 Å². The standard InChI is InChI=1S/C15H18O3S/c1-11-6-8-13(9-7-11)19(17)14-5-3-4-12(14)10-15(16)18-2/h5-9,12H,3-4,10H2,1-2H3/t12-,19+/m1/s1. The predicted octanol–water partition coefficient (Wildman–Crippen LogP) is 2.96. The van der Waals surface area contributed by atoms with E-state index >= 15 is 0 Å². The molecule has 0 aromatic heterocycles. The molecule has 3 nitrogen and oxygen atoms in total. The van der Waals surface area contributed by atoms with E-state index in [0.717, 1.165) is 28.2 Å². The fourth-order valence-electron chi connectivity index (χ4n) is 2.25. The zero-order chi connectivity index (χ0) is 13.8. The van der Waals surface area contributed by atoms with Crippen LogP contribution in [0.4, 0.5) is 0 Å². The van der Waals surface area contributed by atoms with E-state index in [0.29, 0.717) is 6.42 Å². The van der Waals surface area contributed by atoms with Gasteiger partial charge in [0.15, 0.2) is 0 Å². The molecule has 2 rings (SSSR count). The second-order valence-corrected chi connectivity index (χ2v) is 6.22. The monoisotopic (exact) mass is 278 g/mol. The zero-order valence-corrected chi connectivity index (χ0v) is 12.0. The summed E-state index contributed by atoms with van der Waals surface area (Å²) in [4.78, 5) is 13.0. The average Bonchev–Trinajstić information content (AvgIpc) is 2.86. The van der Waals surface area contributed by atoms with Crippen LogP contribution in [0.3, 0.4) is 0 Å². The Morgan fingerprint density at radius 1 is 1.37 bits per heavy atom. The minimum absolute atomic E-state index is 0.0505. The first-order valence-corrected chi connectivity index (χ1v) is 7.52. The highest BCUT2D eigenvalue weighted by Gasteiger charge is 2.27. The Hall–Kier alpha value is -1.42. The number of esters is 1. The number of hydrogen-bond acceptors (Lipinski definition) is 3. The van der Waals surface area contributed by atoms with Crippen LogP contribution in [0.25, 0.3) is 0 Å². The van der Waals surface area contributed by atoms with E-state index in [1.807, 2.05) is 37.3 Å². The number of ether oxygens (including phenoxy) is 1. The highest BCUT2D eigenvalue weighted by Crippen LogP contribution is 2.33. The SMILES string of the molecule is COC(=O)C[C@H]1CCC=C1[S@@](=O)c1ccc(C)cc1. The van der Waals surface area contributed by atoms with Gasteiger partial charge < -0.3 is 4.74 Å². The van der Waals surface area contributed by atoms with Crippen LogP contribution in [0.2, 0.25) is 0 Å². The van der Waals surface area contributed by atoms with Gasteiger partial charge in [0.2, 0.25) is 0 Å². The third-order valence-corrected chi connectivity index (χ3v) is 4.98. The quantitative estimate of drug-likeness (QED) is 0.795. The van der Waals surface area contributed by atoms with Gasteiger partial charge in [0.25, 0.3) is 0 Å². The van der Waals surface area contributed by atoms with E-state index in [1.165, 1.54) is 7.11 Å². The van der Waals surface area contributed by atoms with Gasteiger partial charge in [-0.15, -0.1) is 0 Å². The summed E-state index contributed by atoms with van der Waals surface area (Å²) in [7, 11) is 0.224. The molecule has 4 heteroatoms. The largest absolute Gasteiger partial charge is 0.469 e. The molecule has 0 N–H and O–H groups in total. The van der Waals surface area contributed by atoms with Crippen LogP contribution in [0.5, 0.6) is 0 Å². The minimum atomic E-state index is -1.16. The molecule has 1 aromatic rings. The van der Waals surface area contributed by atoms with E-state index in [1.54, 1.807) is 0 Å². The van der Waals surface area contributed by atoms with Gasteiger partial charge in [-0.2, -0.15) is 0 Å². The molecule has 0 bridgehead atoms. The van der Waals surface area contributed by atoms with Crippen LogP contribution in [-0.4, -0.2) is 17.3 Å². The van der Waals surface area contributed by atoms with Crippen molar-refractivity contribution in [1.82, 2.24) is 0 Å². The zero-order valence-electron chi connectivity index (χ0n) is 11.2. The Bertz CT molecular complexity index is 517. The second kappa shape index (κ2) is 6.15. The Morgan fingerprint density at radius 2 is 2.05 bits per heavy atom. The third-order valence-electron chi connectivity index (χ3n) is 3.35. The van der Waals surface area contributed by atoms with Gasteiger partial charge in [0, 0.05) is 15.7 Å². The summed E-state index contributed by atoms with van der Waals surface area (Å²) in [6, 6.07) is 7.69. The first kappa shape index (κ1) is 14.0. The molecular weight excluding hydrogens is 260 g/mol. The number of allylic oxidation sites excluding steroid dienone is 2. The Labute approximate surface area is 116 Å². The van der Waals surface area contributed by atoms with Crippen LogP contribution in [0, 0.1) is 12.8 Å². The molecule has 2 atom stereocenters. The molecule has 0 radical (unpaired) electrons. The summed E-state index contributed by atoms with van der Waals surface area (Å²) in [5.41, 5.74) is 1.15. The summed E-state index contributed by atoms with van der Waals surface area (Å²) < 4.78 is 17.2. The van der Waals surface area contributed by atoms with Crippen molar-refractivity contribution < 1.29 is 13.7 Å². The van der Waals surface area contributed by atoms with Crippen molar-refractivity contribution in [3.8, 4) is 0 Å². The molecule has 1 aliphatic rings. The van der Waals surface area contributed by atoms with Crippen LogP contribution >= 0.6 is 0 Å². The molecule has 0 saturated carbocycles. The molecule has 1 aromatic carbocycles. The van der Waals surface area contributed by atoms with Crippen molar-refractivity contribution in [3.63, 3.8) is 0 Å². The molecule has 19 heavy (non-hydrogen) atoms. The molecule has 0 amide bonds. The van der Waals surface area contributed by atoms with Crippen molar-refractivity contribution in [3.05, 3.63) is 40.8 Å². The number of hydrogen-bond donors (Lipinski definition) is 0. The molecule has 0 heterocycles. The maximum atomic E-state index is 12.5. The maximum Gasteiger partial charge on any atom is 0.306 e. The van der Waals surface area contributed by atoms with Gasteiger partial charge in [-0.25, -0.2) is 4.21 Å². The number of methoxy groups -OCH3 is 1. The highest BCUT2D eigenvalue weighted by atomic mass is 32.2. The lowest BCUT2D eigenvalue weighted by molar-refractivity contribution is -0.141. The third kappa shape index (κ3) is 3.32. The number of benzene rings is 1. The normalized spacial score (nSPS) is 19.9. The molecule has 0 fully saturated rings. The Balaban J connectivity index is 2.14. The summed E-state index contributed by atoms with van der Waals surface area (Å²) in [5, 5.41) is 0. The predicted molar refractivity (Wildman–Crippen MR) is 75.0 cm³/mol. The van der Waals surface area contributed by atoms with Crippen molar-refractivity contribution in [2.24, 2.45) is 5.92 Å². The van der Waals surface area contributed by atoms with Crippen LogP contribution in [0.1, 0.15) is 24.8 Å². The fourth-order valence-corrected chi connectivity index (χ4v) is 3.68. The van der Waals surface area contributed by atoms with Gasteiger partial charge >= 0.3 is 5.97 Å². The van der Waals surface area contributed by atoms with Gasteiger partial charge in [-0.1, -0.05) is 23.8 Å². The van der Waals surface area contributed by atoms with E-state index in [-0.39, 0.29) is 11.9 Å². The molecule has 102 valence electrons. The van der Waals surface area contributed by atoms with E-state index in [4.69, 9.17) is 4.74 Å². The average molecular weight is 278 g/mol. The van der Waals surface area contributed by atoms with E-state index < -0.39 is 10.8 Å². The fraction of sp³-hybridized carbons (Fsp3) is 0.400. The molecule has 0 unspecified atom stereocenters. The smallest absolute Gasteiger partial charge is 0.306 e. The summed E-state index contributed by atoms with van der Waals surface area (Å²) in [6.45, 7) is 2.00. The topological polar surface area (TPSA) is 43.4 Å². The first-order chi connectivity index (χ1) is 9.11. The summed E-state index contributed by atoms with van der Waals surface area (Å²) >= 11 is 0. The highest BCUT2D eigenvalue weighted by molar-refractivity contribution is 7.89. The van der Waals surface area contributed by atoms with E-state index in [2.05, 4.69) is 0 Å². The lowest BCUT2D eigenvalue weighted by atomic mass is 10.1. The van der Waals surface area contributed by atoms with Crippen LogP contribution < -0.4 is 0 Å². The van der Waals surface area contributed by atoms with E-state index in [9.17, 15) is 9.00 Å². The number of carbonyl (C=O) groups excluding carboxylic acids is 1. The first-order valence-electron chi connectivity index (χ1n) is 6.37. The van der Waals surface area contributed by atoms with Crippen molar-refractivity contribution in [2.75, 3.05) is 7.11 Å². The number of rotatable bonds is 4. The second-order valence-electron chi connectivity index (χ2n) is 4.74. The summed E-state index contributed by atoms with van der Waals surface area (Å²) in [6.07, 6.45) is 4.08. The summed E-state index contributed by atoms with van der Waals surface area (Å²) in [5.74, 6) is -0.187. The molecule has 0 spiro atoms. The number of carbonyl (C=O) groups is 1. The van der Waals surface area contributed by atoms with Crippen molar-refractivity contribution in [2.45, 2.75) is 31.1 Å². The lowest BCUT2D eigenvalue weighted by Crippen LogP contribution is -2.12. The molecule has 0 aliphatic heterocycles. The van der Waals surface area contributed by atoms with Gasteiger partial charge in [0.05, 0.1) is 24.3 Å². The van der Waals surface area contributed by atoms with Gasteiger partial charge in [-0.3, -0.25) is 4.79 Å². The lowest BCUT2D eigenvalue weighted by Gasteiger charge is -2.13. The van der Waals surface area contributed by atoms with Crippen LogP contribution in [0.15, 0.2) is 40.1 Å². The van der Waals surface area contributed by atoms with Gasteiger partial charge in [0.1, 0.15) is 0 Å². The van der Waals surface area contributed by atoms with Crippen molar-refractivity contribution >= 4 is 16.8 Å². The molecule has 0 saturated heterocycles. The van der Waals surface area contributed by atoms with Crippen LogP contribution in [-0.2, 0) is 20.3 Å². The maximum absolute atomic E-state index is 12.5. The minimum Gasteiger partial charge on any atom is -0.469 e. The molecular formula is C15H18O3S. The Morgan fingerprint density at radius 3 is 2.68 bits per heavy atom.